The van der Waals surface area contributed by atoms with Crippen molar-refractivity contribution in [3.63, 3.8) is 0 Å². The number of aromatic nitrogens is 1. The molecule has 128 valence electrons. The van der Waals surface area contributed by atoms with Crippen LogP contribution in [0.5, 0.6) is 0 Å². The number of hydrogen-bond donors (Lipinski definition) is 1. The SMILES string of the molecule is Cc1nc2c(C)cccc2cc1C(=O)N1CCC(CS(N)(=O)=O)C1. The Hall–Kier alpha value is -1.99. The van der Waals surface area contributed by atoms with Crippen LogP contribution in [0, 0.1) is 19.8 Å². The van der Waals surface area contributed by atoms with Crippen LogP contribution in [-0.4, -0.2) is 43.1 Å². The highest BCUT2D eigenvalue weighted by Gasteiger charge is 2.30. The van der Waals surface area contributed by atoms with E-state index in [4.69, 9.17) is 5.14 Å². The molecule has 1 aliphatic rings. The van der Waals surface area contributed by atoms with Crippen LogP contribution in [0.15, 0.2) is 24.3 Å². The molecule has 1 fully saturated rings. The second-order valence-electron chi connectivity index (χ2n) is 6.50. The highest BCUT2D eigenvalue weighted by Crippen LogP contribution is 2.24. The minimum atomic E-state index is -3.51. The lowest BCUT2D eigenvalue weighted by atomic mass is 10.1. The third kappa shape index (κ3) is 3.42. The van der Waals surface area contributed by atoms with Gasteiger partial charge < -0.3 is 4.90 Å². The number of nitrogens with two attached hydrogens (primary N) is 1. The molecule has 1 saturated heterocycles. The quantitative estimate of drug-likeness (QED) is 0.912. The molecule has 1 unspecified atom stereocenters. The van der Waals surface area contributed by atoms with Crippen molar-refractivity contribution in [2.24, 2.45) is 11.1 Å². The molecule has 0 saturated carbocycles. The summed E-state index contributed by atoms with van der Waals surface area (Å²) in [6.07, 6.45) is 0.654. The summed E-state index contributed by atoms with van der Waals surface area (Å²) in [5.41, 5.74) is 3.24. The monoisotopic (exact) mass is 347 g/mol. The highest BCUT2D eigenvalue weighted by molar-refractivity contribution is 7.89. The van der Waals surface area contributed by atoms with Gasteiger partial charge in [-0.2, -0.15) is 0 Å². The molecule has 1 atom stereocenters. The van der Waals surface area contributed by atoms with Crippen molar-refractivity contribution in [2.45, 2.75) is 20.3 Å². The van der Waals surface area contributed by atoms with Gasteiger partial charge in [0.2, 0.25) is 10.0 Å². The minimum absolute atomic E-state index is 0.0784. The first-order chi connectivity index (χ1) is 11.2. The summed E-state index contributed by atoms with van der Waals surface area (Å²) >= 11 is 0. The first-order valence-electron chi connectivity index (χ1n) is 7.91. The standard InChI is InChI=1S/C17H21N3O3S/c1-11-4-3-5-14-8-15(12(2)19-16(11)14)17(21)20-7-6-13(9-20)10-24(18,22)23/h3-5,8,13H,6-7,9-10H2,1-2H3,(H2,18,22,23). The van der Waals surface area contributed by atoms with E-state index < -0.39 is 10.0 Å². The number of hydrogen-bond acceptors (Lipinski definition) is 4. The second kappa shape index (κ2) is 6.14. The molecule has 7 heteroatoms. The first-order valence-corrected chi connectivity index (χ1v) is 9.63. The topological polar surface area (TPSA) is 93.4 Å². The number of pyridine rings is 1. The Bertz CT molecular complexity index is 909. The largest absolute Gasteiger partial charge is 0.338 e. The molecule has 1 amide bonds. The van der Waals surface area contributed by atoms with Gasteiger partial charge in [-0.05, 0) is 37.8 Å². The molecule has 2 N–H and O–H groups in total. The maximum absolute atomic E-state index is 12.8. The molecule has 0 aliphatic carbocycles. The Morgan fingerprint density at radius 3 is 2.83 bits per heavy atom. The molecule has 2 heterocycles. The molecule has 0 radical (unpaired) electrons. The van der Waals surface area contributed by atoms with Crippen molar-refractivity contribution in [1.29, 1.82) is 0 Å². The minimum Gasteiger partial charge on any atom is -0.338 e. The summed E-state index contributed by atoms with van der Waals surface area (Å²) in [5, 5.41) is 6.04. The number of carbonyl (C=O) groups excluding carboxylic acids is 1. The lowest BCUT2D eigenvalue weighted by molar-refractivity contribution is 0.0787. The predicted molar refractivity (Wildman–Crippen MR) is 93.2 cm³/mol. The van der Waals surface area contributed by atoms with Crippen molar-refractivity contribution in [2.75, 3.05) is 18.8 Å². The van der Waals surface area contributed by atoms with Crippen LogP contribution in [0.3, 0.4) is 0 Å². The van der Waals surface area contributed by atoms with Gasteiger partial charge in [0.1, 0.15) is 0 Å². The zero-order valence-corrected chi connectivity index (χ0v) is 14.6. The summed E-state index contributed by atoms with van der Waals surface area (Å²) in [7, 11) is -3.51. The number of rotatable bonds is 3. The van der Waals surface area contributed by atoms with E-state index in [-0.39, 0.29) is 17.6 Å². The van der Waals surface area contributed by atoms with E-state index >= 15 is 0 Å². The molecular formula is C17H21N3O3S. The summed E-state index contributed by atoms with van der Waals surface area (Å²) in [6, 6.07) is 7.76. The molecule has 2 aromatic rings. The van der Waals surface area contributed by atoms with Crippen molar-refractivity contribution >= 4 is 26.8 Å². The van der Waals surface area contributed by atoms with Gasteiger partial charge in [0, 0.05) is 18.5 Å². The molecule has 24 heavy (non-hydrogen) atoms. The fourth-order valence-electron chi connectivity index (χ4n) is 3.31. The van der Waals surface area contributed by atoms with Gasteiger partial charge in [0.25, 0.3) is 5.91 Å². The van der Waals surface area contributed by atoms with Crippen LogP contribution < -0.4 is 5.14 Å². The lowest BCUT2D eigenvalue weighted by Gasteiger charge is -2.18. The summed E-state index contributed by atoms with van der Waals surface area (Å²) in [4.78, 5) is 19.1. The highest BCUT2D eigenvalue weighted by atomic mass is 32.2. The van der Waals surface area contributed by atoms with E-state index in [2.05, 4.69) is 4.98 Å². The summed E-state index contributed by atoms with van der Waals surface area (Å²) in [5.74, 6) is -0.273. The normalized spacial score (nSPS) is 18.3. The fourth-order valence-corrected chi connectivity index (χ4v) is 4.24. The Kier molecular flexibility index (Phi) is 4.31. The number of primary sulfonamides is 1. The van der Waals surface area contributed by atoms with Crippen LogP contribution in [0.2, 0.25) is 0 Å². The number of carbonyl (C=O) groups is 1. The van der Waals surface area contributed by atoms with Gasteiger partial charge in [0.15, 0.2) is 0 Å². The van der Waals surface area contributed by atoms with Gasteiger partial charge in [-0.1, -0.05) is 18.2 Å². The Morgan fingerprint density at radius 2 is 2.12 bits per heavy atom. The van der Waals surface area contributed by atoms with Crippen molar-refractivity contribution in [3.8, 4) is 0 Å². The Labute approximate surface area is 141 Å². The van der Waals surface area contributed by atoms with Crippen molar-refractivity contribution in [3.05, 3.63) is 41.1 Å². The molecule has 3 rings (SSSR count). The van der Waals surface area contributed by atoms with Crippen LogP contribution in [0.1, 0.15) is 28.0 Å². The number of para-hydroxylation sites is 1. The van der Waals surface area contributed by atoms with Crippen LogP contribution >= 0.6 is 0 Å². The van der Waals surface area contributed by atoms with E-state index in [0.29, 0.717) is 30.8 Å². The van der Waals surface area contributed by atoms with E-state index in [0.717, 1.165) is 16.5 Å². The molecule has 1 aromatic carbocycles. The smallest absolute Gasteiger partial charge is 0.255 e. The molecule has 1 aromatic heterocycles. The summed E-state index contributed by atoms with van der Waals surface area (Å²) in [6.45, 7) is 4.79. The maximum Gasteiger partial charge on any atom is 0.255 e. The van der Waals surface area contributed by atoms with Gasteiger partial charge in [-0.3, -0.25) is 9.78 Å². The number of aryl methyl sites for hydroxylation is 2. The van der Waals surface area contributed by atoms with Gasteiger partial charge in [0.05, 0.1) is 22.5 Å². The number of likely N-dealkylation sites (tertiary alicyclic amines) is 1. The Morgan fingerprint density at radius 1 is 1.38 bits per heavy atom. The van der Waals surface area contributed by atoms with Crippen molar-refractivity contribution < 1.29 is 13.2 Å². The zero-order chi connectivity index (χ0) is 17.5. The lowest BCUT2D eigenvalue weighted by Crippen LogP contribution is -2.31. The average Bonchev–Trinajstić information content (AvgIpc) is 2.93. The van der Waals surface area contributed by atoms with E-state index in [1.807, 2.05) is 38.1 Å². The van der Waals surface area contributed by atoms with Crippen LogP contribution in [0.4, 0.5) is 0 Å². The molecule has 0 bridgehead atoms. The summed E-state index contributed by atoms with van der Waals surface area (Å²) < 4.78 is 22.5. The van der Waals surface area contributed by atoms with E-state index in [1.165, 1.54) is 0 Å². The number of fused-ring (bicyclic) bond motifs is 1. The number of benzene rings is 1. The first kappa shape index (κ1) is 16.9. The number of amides is 1. The van der Waals surface area contributed by atoms with Gasteiger partial charge in [-0.15, -0.1) is 0 Å². The molecule has 1 aliphatic heterocycles. The Balaban J connectivity index is 1.86. The fraction of sp³-hybridized carbons (Fsp3) is 0.412. The van der Waals surface area contributed by atoms with E-state index in [9.17, 15) is 13.2 Å². The average molecular weight is 347 g/mol. The van der Waals surface area contributed by atoms with Gasteiger partial charge in [-0.25, -0.2) is 13.6 Å². The third-order valence-electron chi connectivity index (χ3n) is 4.51. The maximum atomic E-state index is 12.8. The van der Waals surface area contributed by atoms with Gasteiger partial charge >= 0.3 is 0 Å². The third-order valence-corrected chi connectivity index (χ3v) is 5.45. The van der Waals surface area contributed by atoms with Crippen molar-refractivity contribution in [1.82, 2.24) is 9.88 Å². The molecule has 6 nitrogen and oxygen atoms in total. The predicted octanol–water partition coefficient (Wildman–Crippen LogP) is 1.60. The second-order valence-corrected chi connectivity index (χ2v) is 8.16. The molecular weight excluding hydrogens is 326 g/mol. The van der Waals surface area contributed by atoms with E-state index in [1.54, 1.807) is 4.90 Å². The number of nitrogens with zero attached hydrogens (tertiary/aromatic N) is 2. The van der Waals surface area contributed by atoms with Crippen LogP contribution in [0.25, 0.3) is 10.9 Å². The number of sulfonamides is 1. The zero-order valence-electron chi connectivity index (χ0n) is 13.8. The van der Waals surface area contributed by atoms with Crippen LogP contribution in [-0.2, 0) is 10.0 Å². The molecule has 0 spiro atoms.